The molecule has 2 aromatic rings. The van der Waals surface area contributed by atoms with Gasteiger partial charge in [0.1, 0.15) is 11.7 Å². The molecule has 0 saturated heterocycles. The molecular formula is C17H21N4O3+. The van der Waals surface area contributed by atoms with Crippen LogP contribution in [0.25, 0.3) is 0 Å². The number of carbonyl (C=O) groups is 1. The van der Waals surface area contributed by atoms with Crippen molar-refractivity contribution in [2.45, 2.75) is 6.04 Å². The molecule has 0 radical (unpaired) electrons. The largest absolute Gasteiger partial charge is 0.373 e. The first-order chi connectivity index (χ1) is 11.4. The van der Waals surface area contributed by atoms with E-state index in [1.54, 1.807) is 0 Å². The van der Waals surface area contributed by atoms with E-state index in [2.05, 4.69) is 5.32 Å². The summed E-state index contributed by atoms with van der Waals surface area (Å²) in [4.78, 5) is 23.1. The van der Waals surface area contributed by atoms with Crippen LogP contribution in [0.15, 0.2) is 48.5 Å². The lowest BCUT2D eigenvalue weighted by Crippen LogP contribution is -3.06. The molecule has 4 N–H and O–H groups in total. The molecule has 0 bridgehead atoms. The fraction of sp³-hybridized carbons (Fsp3) is 0.235. The average molecular weight is 329 g/mol. The number of anilines is 1. The van der Waals surface area contributed by atoms with Crippen LogP contribution in [0.4, 0.5) is 11.4 Å². The van der Waals surface area contributed by atoms with Crippen molar-refractivity contribution in [1.29, 1.82) is 0 Å². The van der Waals surface area contributed by atoms with E-state index in [-0.39, 0.29) is 17.3 Å². The fourth-order valence-corrected chi connectivity index (χ4v) is 2.54. The molecule has 1 amide bonds. The second-order valence-electron chi connectivity index (χ2n) is 5.77. The Kier molecular flexibility index (Phi) is 5.49. The number of hydrogen-bond donors (Lipinski definition) is 3. The fourth-order valence-electron chi connectivity index (χ4n) is 2.54. The number of primary amides is 1. The van der Waals surface area contributed by atoms with E-state index in [1.807, 2.05) is 44.4 Å². The molecular weight excluding hydrogens is 308 g/mol. The zero-order valence-corrected chi connectivity index (χ0v) is 13.7. The highest BCUT2D eigenvalue weighted by Gasteiger charge is 2.21. The number of nitro benzene ring substituents is 1. The Balaban J connectivity index is 2.23. The summed E-state index contributed by atoms with van der Waals surface area (Å²) in [5.41, 5.74) is 6.65. The summed E-state index contributed by atoms with van der Waals surface area (Å²) in [5.74, 6) is -0.690. The molecule has 2 rings (SSSR count). The Bertz CT molecular complexity index is 732. The Morgan fingerprint density at radius 3 is 2.46 bits per heavy atom. The monoisotopic (exact) mass is 329 g/mol. The smallest absolute Gasteiger partial charge is 0.293 e. The van der Waals surface area contributed by atoms with E-state index < -0.39 is 10.8 Å². The van der Waals surface area contributed by atoms with Gasteiger partial charge < -0.3 is 16.0 Å². The molecule has 0 saturated carbocycles. The maximum atomic E-state index is 11.3. The molecule has 0 spiro atoms. The number of likely N-dealkylation sites (N-methyl/N-ethyl adjacent to an activating group) is 1. The van der Waals surface area contributed by atoms with Crippen LogP contribution in [0.5, 0.6) is 0 Å². The first-order valence-corrected chi connectivity index (χ1v) is 7.57. The number of hydrogen-bond acceptors (Lipinski definition) is 4. The standard InChI is InChI=1S/C17H20N4O3/c1-20(2)16(12-6-4-3-5-7-12)11-19-14-9-8-13(17(18)22)10-15(14)21(23)24/h3-10,16,19H,11H2,1-2H3,(H2,18,22)/p+1/t16-/m0/s1. The van der Waals surface area contributed by atoms with Crippen LogP contribution in [0.3, 0.4) is 0 Å². The molecule has 0 aliphatic heterocycles. The highest BCUT2D eigenvalue weighted by Crippen LogP contribution is 2.26. The van der Waals surface area contributed by atoms with Gasteiger partial charge in [-0.2, -0.15) is 0 Å². The van der Waals surface area contributed by atoms with E-state index in [4.69, 9.17) is 5.73 Å². The van der Waals surface area contributed by atoms with Gasteiger partial charge in [0.15, 0.2) is 0 Å². The van der Waals surface area contributed by atoms with Crippen LogP contribution in [0.2, 0.25) is 0 Å². The molecule has 1 atom stereocenters. The lowest BCUT2D eigenvalue weighted by atomic mass is 10.1. The number of benzene rings is 2. The van der Waals surface area contributed by atoms with Crippen LogP contribution in [-0.4, -0.2) is 31.5 Å². The van der Waals surface area contributed by atoms with Crippen LogP contribution >= 0.6 is 0 Å². The van der Waals surface area contributed by atoms with Gasteiger partial charge in [-0.3, -0.25) is 14.9 Å². The summed E-state index contributed by atoms with van der Waals surface area (Å²) in [6.07, 6.45) is 0. The number of amides is 1. The third kappa shape index (κ3) is 4.08. The van der Waals surface area contributed by atoms with Gasteiger partial charge in [0.25, 0.3) is 5.69 Å². The molecule has 0 fully saturated rings. The maximum absolute atomic E-state index is 11.3. The zero-order valence-electron chi connectivity index (χ0n) is 13.7. The second kappa shape index (κ2) is 7.56. The minimum absolute atomic E-state index is 0.116. The van der Waals surface area contributed by atoms with Crippen molar-refractivity contribution in [3.05, 3.63) is 69.8 Å². The number of quaternary nitrogens is 1. The number of nitrogens with one attached hydrogen (secondary N) is 2. The number of carbonyl (C=O) groups excluding carboxylic acids is 1. The third-order valence-electron chi connectivity index (χ3n) is 3.87. The van der Waals surface area contributed by atoms with Crippen molar-refractivity contribution < 1.29 is 14.6 Å². The summed E-state index contributed by atoms with van der Waals surface area (Å²) in [6, 6.07) is 14.3. The maximum Gasteiger partial charge on any atom is 0.293 e. The Morgan fingerprint density at radius 1 is 1.25 bits per heavy atom. The first-order valence-electron chi connectivity index (χ1n) is 7.57. The van der Waals surface area contributed by atoms with E-state index in [1.165, 1.54) is 23.1 Å². The van der Waals surface area contributed by atoms with E-state index in [0.717, 1.165) is 5.56 Å². The lowest BCUT2D eigenvalue weighted by Gasteiger charge is -2.22. The summed E-state index contributed by atoms with van der Waals surface area (Å²) in [6.45, 7) is 0.517. The molecule has 0 aromatic heterocycles. The quantitative estimate of drug-likeness (QED) is 0.521. The predicted molar refractivity (Wildman–Crippen MR) is 92.1 cm³/mol. The normalized spacial score (nSPS) is 12.0. The molecule has 7 nitrogen and oxygen atoms in total. The molecule has 0 heterocycles. The van der Waals surface area contributed by atoms with Crippen molar-refractivity contribution in [1.82, 2.24) is 0 Å². The first kappa shape index (κ1) is 17.4. The van der Waals surface area contributed by atoms with Crippen LogP contribution in [0.1, 0.15) is 22.0 Å². The summed E-state index contributed by atoms with van der Waals surface area (Å²) < 4.78 is 0. The van der Waals surface area contributed by atoms with Gasteiger partial charge in [0.2, 0.25) is 5.91 Å². The molecule has 0 aliphatic rings. The van der Waals surface area contributed by atoms with Gasteiger partial charge in [-0.1, -0.05) is 30.3 Å². The van der Waals surface area contributed by atoms with E-state index in [0.29, 0.717) is 12.2 Å². The summed E-state index contributed by atoms with van der Waals surface area (Å²) in [5, 5.41) is 14.4. The van der Waals surface area contributed by atoms with Crippen molar-refractivity contribution >= 4 is 17.3 Å². The predicted octanol–water partition coefficient (Wildman–Crippen LogP) is 0.991. The zero-order chi connectivity index (χ0) is 17.7. The minimum atomic E-state index is -0.690. The Labute approximate surface area is 140 Å². The molecule has 24 heavy (non-hydrogen) atoms. The van der Waals surface area contributed by atoms with Crippen molar-refractivity contribution in [3.8, 4) is 0 Å². The van der Waals surface area contributed by atoms with Gasteiger partial charge >= 0.3 is 0 Å². The van der Waals surface area contributed by atoms with E-state index in [9.17, 15) is 14.9 Å². The van der Waals surface area contributed by atoms with Gasteiger partial charge in [0, 0.05) is 17.2 Å². The van der Waals surface area contributed by atoms with Gasteiger partial charge in [0.05, 0.1) is 25.6 Å². The van der Waals surface area contributed by atoms with Gasteiger partial charge in [-0.15, -0.1) is 0 Å². The Hall–Kier alpha value is -2.93. The summed E-state index contributed by atoms with van der Waals surface area (Å²) in [7, 11) is 4.06. The third-order valence-corrected chi connectivity index (χ3v) is 3.87. The Morgan fingerprint density at radius 2 is 1.92 bits per heavy atom. The average Bonchev–Trinajstić information content (AvgIpc) is 2.55. The van der Waals surface area contributed by atoms with Crippen LogP contribution < -0.4 is 16.0 Å². The lowest BCUT2D eigenvalue weighted by molar-refractivity contribution is -0.890. The number of nitrogens with zero attached hydrogens (tertiary/aromatic N) is 1. The molecule has 126 valence electrons. The number of rotatable bonds is 7. The van der Waals surface area contributed by atoms with Gasteiger partial charge in [-0.25, -0.2) is 0 Å². The number of nitrogens with two attached hydrogens (primary N) is 1. The van der Waals surface area contributed by atoms with Crippen molar-refractivity contribution in [2.75, 3.05) is 26.0 Å². The highest BCUT2D eigenvalue weighted by atomic mass is 16.6. The molecule has 7 heteroatoms. The summed E-state index contributed by atoms with van der Waals surface area (Å²) >= 11 is 0. The van der Waals surface area contributed by atoms with Crippen molar-refractivity contribution in [2.24, 2.45) is 5.73 Å². The number of nitro groups is 1. The molecule has 0 aliphatic carbocycles. The topological polar surface area (TPSA) is 103 Å². The second-order valence-corrected chi connectivity index (χ2v) is 5.77. The molecule has 2 aromatic carbocycles. The SMILES string of the molecule is C[NH+](C)[C@@H](CNc1ccc(C(N)=O)cc1[N+](=O)[O-])c1ccccc1. The van der Waals surface area contributed by atoms with Crippen LogP contribution in [-0.2, 0) is 0 Å². The minimum Gasteiger partial charge on any atom is -0.373 e. The van der Waals surface area contributed by atoms with Crippen LogP contribution in [0, 0.1) is 10.1 Å². The van der Waals surface area contributed by atoms with Crippen molar-refractivity contribution in [3.63, 3.8) is 0 Å². The molecule has 0 unspecified atom stereocenters. The van der Waals surface area contributed by atoms with E-state index >= 15 is 0 Å². The van der Waals surface area contributed by atoms with Gasteiger partial charge in [-0.05, 0) is 12.1 Å². The highest BCUT2D eigenvalue weighted by molar-refractivity contribution is 5.94.